The fourth-order valence-corrected chi connectivity index (χ4v) is 4.05. The number of anilines is 1. The summed E-state index contributed by atoms with van der Waals surface area (Å²) in [4.78, 5) is 17.4. The third kappa shape index (κ3) is 4.40. The maximum Gasteiger partial charge on any atom is 0.262 e. The average Bonchev–Trinajstić information content (AvgIpc) is 3.39. The molecule has 0 aliphatic carbocycles. The zero-order valence-corrected chi connectivity index (χ0v) is 19.9. The van der Waals surface area contributed by atoms with Crippen molar-refractivity contribution in [2.24, 2.45) is 0 Å². The molecular weight excluding hydrogens is 504 g/mol. The van der Waals surface area contributed by atoms with Crippen LogP contribution in [-0.4, -0.2) is 30.3 Å². The predicted molar refractivity (Wildman–Crippen MR) is 132 cm³/mol. The number of aromatic nitrogens is 5. The van der Waals surface area contributed by atoms with Crippen molar-refractivity contribution in [3.05, 3.63) is 99.4 Å². The number of fused-ring (bicyclic) bond motifs is 1. The summed E-state index contributed by atoms with van der Waals surface area (Å²) in [6.45, 7) is 2.58. The Balaban J connectivity index is 1.40. The third-order valence-electron chi connectivity index (χ3n) is 5.20. The number of amides is 1. The first-order valence-electron chi connectivity index (χ1n) is 10.2. The van der Waals surface area contributed by atoms with Crippen molar-refractivity contribution in [2.75, 3.05) is 5.32 Å². The molecule has 164 valence electrons. The van der Waals surface area contributed by atoms with Crippen molar-refractivity contribution in [1.82, 2.24) is 24.4 Å². The molecule has 9 heteroatoms. The standard InChI is InChI=1S/C24H18BrClN6O/c1-15-2-6-17(7-3-15)21-10-11-27-23-19(12-28-32(21)23)24(33)29-22-20(25)14-31(30-22)13-16-4-8-18(26)9-5-16/h2-12,14H,13H2,1H3,(H,29,30,33). The minimum absolute atomic E-state index is 0.337. The van der Waals surface area contributed by atoms with E-state index >= 15 is 0 Å². The Morgan fingerprint density at radius 2 is 1.85 bits per heavy atom. The van der Waals surface area contributed by atoms with E-state index in [9.17, 15) is 4.79 Å². The first-order chi connectivity index (χ1) is 16.0. The SMILES string of the molecule is Cc1ccc(-c2ccnc3c(C(=O)Nc4nn(Cc5ccc(Cl)cc5)cc4Br)cnn23)cc1. The van der Waals surface area contributed by atoms with Gasteiger partial charge < -0.3 is 5.32 Å². The summed E-state index contributed by atoms with van der Waals surface area (Å²) in [6.07, 6.45) is 5.02. The molecular formula is C24H18BrClN6O. The number of benzene rings is 2. The van der Waals surface area contributed by atoms with Crippen LogP contribution in [0.15, 0.2) is 77.7 Å². The van der Waals surface area contributed by atoms with E-state index in [1.807, 2.05) is 67.7 Å². The molecule has 0 saturated heterocycles. The van der Waals surface area contributed by atoms with Crippen LogP contribution >= 0.6 is 27.5 Å². The lowest BCUT2D eigenvalue weighted by Gasteiger charge is -2.06. The topological polar surface area (TPSA) is 77.1 Å². The van der Waals surface area contributed by atoms with Gasteiger partial charge in [0.05, 0.1) is 22.9 Å². The van der Waals surface area contributed by atoms with E-state index in [4.69, 9.17) is 11.6 Å². The maximum atomic E-state index is 13.0. The average molecular weight is 522 g/mol. The van der Waals surface area contributed by atoms with Crippen molar-refractivity contribution in [2.45, 2.75) is 13.5 Å². The maximum absolute atomic E-state index is 13.0. The van der Waals surface area contributed by atoms with E-state index in [1.165, 1.54) is 11.8 Å². The molecule has 5 aromatic rings. The van der Waals surface area contributed by atoms with Gasteiger partial charge in [-0.1, -0.05) is 53.6 Å². The Hall–Kier alpha value is -3.49. The van der Waals surface area contributed by atoms with Gasteiger partial charge in [0.25, 0.3) is 5.91 Å². The largest absolute Gasteiger partial charge is 0.304 e. The fourth-order valence-electron chi connectivity index (χ4n) is 3.51. The van der Waals surface area contributed by atoms with Crippen molar-refractivity contribution >= 4 is 44.9 Å². The van der Waals surface area contributed by atoms with E-state index in [2.05, 4.69) is 36.4 Å². The van der Waals surface area contributed by atoms with E-state index in [0.717, 1.165) is 16.8 Å². The van der Waals surface area contributed by atoms with E-state index in [-0.39, 0.29) is 5.91 Å². The number of carbonyl (C=O) groups is 1. The first kappa shape index (κ1) is 21.4. The normalized spacial score (nSPS) is 11.1. The molecule has 7 nitrogen and oxygen atoms in total. The lowest BCUT2D eigenvalue weighted by molar-refractivity contribution is 0.102. The third-order valence-corrected chi connectivity index (χ3v) is 6.03. The number of aryl methyl sites for hydroxylation is 1. The summed E-state index contributed by atoms with van der Waals surface area (Å²) in [6, 6.07) is 17.5. The molecule has 0 spiro atoms. The number of rotatable bonds is 5. The monoisotopic (exact) mass is 520 g/mol. The summed E-state index contributed by atoms with van der Waals surface area (Å²) < 4.78 is 4.09. The number of nitrogens with one attached hydrogen (secondary N) is 1. The summed E-state index contributed by atoms with van der Waals surface area (Å²) >= 11 is 9.43. The first-order valence-corrected chi connectivity index (χ1v) is 11.3. The van der Waals surface area contributed by atoms with Crippen LogP contribution in [0, 0.1) is 6.92 Å². The number of hydrogen-bond donors (Lipinski definition) is 1. The minimum Gasteiger partial charge on any atom is -0.304 e. The summed E-state index contributed by atoms with van der Waals surface area (Å²) in [5.74, 6) is 0.0824. The van der Waals surface area contributed by atoms with Gasteiger partial charge in [-0.25, -0.2) is 9.50 Å². The molecule has 0 fully saturated rings. The van der Waals surface area contributed by atoms with Gasteiger partial charge in [0.1, 0.15) is 5.56 Å². The molecule has 33 heavy (non-hydrogen) atoms. The molecule has 0 aliphatic heterocycles. The zero-order valence-electron chi connectivity index (χ0n) is 17.5. The summed E-state index contributed by atoms with van der Waals surface area (Å²) in [7, 11) is 0. The second-order valence-corrected chi connectivity index (χ2v) is 8.88. The highest BCUT2D eigenvalue weighted by Gasteiger charge is 2.19. The van der Waals surface area contributed by atoms with Crippen LogP contribution in [0.3, 0.4) is 0 Å². The second-order valence-electron chi connectivity index (χ2n) is 7.59. The Morgan fingerprint density at radius 3 is 2.61 bits per heavy atom. The Bertz CT molecular complexity index is 1460. The van der Waals surface area contributed by atoms with Crippen molar-refractivity contribution in [3.63, 3.8) is 0 Å². The molecule has 3 aromatic heterocycles. The molecule has 5 rings (SSSR count). The van der Waals surface area contributed by atoms with E-state index < -0.39 is 0 Å². The number of carbonyl (C=O) groups excluding carboxylic acids is 1. The van der Waals surface area contributed by atoms with Gasteiger partial charge in [-0.2, -0.15) is 10.2 Å². The molecule has 0 atom stereocenters. The molecule has 0 unspecified atom stereocenters. The van der Waals surface area contributed by atoms with Gasteiger partial charge in [0.2, 0.25) is 0 Å². The van der Waals surface area contributed by atoms with Crippen molar-refractivity contribution in [3.8, 4) is 11.3 Å². The van der Waals surface area contributed by atoms with Gasteiger partial charge in [0.15, 0.2) is 11.5 Å². The quantitative estimate of drug-likeness (QED) is 0.326. The van der Waals surface area contributed by atoms with Crippen LogP contribution < -0.4 is 5.32 Å². The number of hydrogen-bond acceptors (Lipinski definition) is 4. The fraction of sp³-hybridized carbons (Fsp3) is 0.0833. The lowest BCUT2D eigenvalue weighted by Crippen LogP contribution is -2.13. The highest BCUT2D eigenvalue weighted by atomic mass is 79.9. The predicted octanol–water partition coefficient (Wildman–Crippen LogP) is 5.62. The van der Waals surface area contributed by atoms with Gasteiger partial charge in [0, 0.05) is 23.0 Å². The van der Waals surface area contributed by atoms with Crippen LogP contribution in [0.2, 0.25) is 5.02 Å². The molecule has 0 radical (unpaired) electrons. The van der Waals surface area contributed by atoms with Gasteiger partial charge in [-0.3, -0.25) is 9.48 Å². The summed E-state index contributed by atoms with van der Waals surface area (Å²) in [5.41, 5.74) is 4.90. The molecule has 1 N–H and O–H groups in total. The Morgan fingerprint density at radius 1 is 1.09 bits per heavy atom. The second kappa shape index (κ2) is 8.80. The molecule has 0 bridgehead atoms. The van der Waals surface area contributed by atoms with E-state index in [1.54, 1.807) is 15.4 Å². The molecule has 0 aliphatic rings. The Labute approximate surface area is 203 Å². The Kier molecular flexibility index (Phi) is 5.70. The smallest absolute Gasteiger partial charge is 0.262 e. The van der Waals surface area contributed by atoms with Crippen LogP contribution in [0.1, 0.15) is 21.5 Å². The molecule has 2 aromatic carbocycles. The van der Waals surface area contributed by atoms with Crippen LogP contribution in [-0.2, 0) is 6.54 Å². The number of nitrogens with zero attached hydrogens (tertiary/aromatic N) is 5. The van der Waals surface area contributed by atoms with Gasteiger partial charge in [-0.05, 0) is 46.6 Å². The molecule has 0 saturated carbocycles. The number of halogens is 2. The lowest BCUT2D eigenvalue weighted by atomic mass is 10.1. The van der Waals surface area contributed by atoms with Gasteiger partial charge >= 0.3 is 0 Å². The van der Waals surface area contributed by atoms with Crippen molar-refractivity contribution in [1.29, 1.82) is 0 Å². The van der Waals surface area contributed by atoms with Crippen LogP contribution in [0.4, 0.5) is 5.82 Å². The highest BCUT2D eigenvalue weighted by molar-refractivity contribution is 9.10. The summed E-state index contributed by atoms with van der Waals surface area (Å²) in [5, 5.41) is 12.4. The van der Waals surface area contributed by atoms with E-state index in [0.29, 0.717) is 33.1 Å². The van der Waals surface area contributed by atoms with Crippen LogP contribution in [0.5, 0.6) is 0 Å². The molecule has 1 amide bonds. The minimum atomic E-state index is -0.337. The van der Waals surface area contributed by atoms with Crippen molar-refractivity contribution < 1.29 is 4.79 Å². The van der Waals surface area contributed by atoms with Gasteiger partial charge in [-0.15, -0.1) is 0 Å². The van der Waals surface area contributed by atoms with Crippen LogP contribution in [0.25, 0.3) is 16.9 Å². The molecule has 3 heterocycles. The zero-order chi connectivity index (χ0) is 22.9. The highest BCUT2D eigenvalue weighted by Crippen LogP contribution is 2.24.